The van der Waals surface area contributed by atoms with Gasteiger partial charge in [0.2, 0.25) is 0 Å². The molecule has 0 unspecified atom stereocenters. The van der Waals surface area contributed by atoms with Gasteiger partial charge in [0.1, 0.15) is 61.7 Å². The van der Waals surface area contributed by atoms with Gasteiger partial charge in [-0.05, 0) is 52.6 Å². The molecule has 3 saturated heterocycles. The summed E-state index contributed by atoms with van der Waals surface area (Å²) < 4.78 is 103. The largest absolute Gasteiger partial charge is 0.497 e. The number of carbonyl (C=O) groups is 5. The standard InChI is InChI=1S/C67H82O21Si/c1-43(68)76-42-57-59(61(82-45(3)70)63(83-46(4)71)66(86-57)75-33-34-89(6,7)8)88-65-54(81-44(2)69)35-53(55(85-65)41-80-64(72)51-29-31-52(73-5)32-30-51)84-67-62(79-39-50-27-19-12-20-28-50)60(78-38-49-25-17-11-18-26-49)58(77-37-48-23-15-10-16-24-48)56(87-67)40-74-36-47-21-13-9-14-22-47/h9-32,53-63,65-67H,33-42H2,1-8H3/t53-,54-,55-,56-,57-,58+,59-,60+,61+,62-,63-,65+,66-,67+/m1/s1. The number of methoxy groups -OCH3 is 1. The van der Waals surface area contributed by atoms with Crippen LogP contribution >= 0.6 is 0 Å². The van der Waals surface area contributed by atoms with Crippen LogP contribution < -0.4 is 4.74 Å². The number of ether oxygens (including phenoxy) is 16. The Hall–Kier alpha value is -6.93. The number of hydrogen-bond acceptors (Lipinski definition) is 21. The topological polar surface area (TPSA) is 233 Å². The van der Waals surface area contributed by atoms with Crippen molar-refractivity contribution in [2.24, 2.45) is 0 Å². The molecule has 3 aliphatic rings. The summed E-state index contributed by atoms with van der Waals surface area (Å²) in [6, 6.07) is 45.5. The molecule has 3 fully saturated rings. The number of benzene rings is 5. The Kier molecular flexibility index (Phi) is 25.8. The second kappa shape index (κ2) is 33.8. The third kappa shape index (κ3) is 21.1. The highest BCUT2D eigenvalue weighted by Crippen LogP contribution is 2.38. The van der Waals surface area contributed by atoms with E-state index in [9.17, 15) is 24.0 Å². The van der Waals surface area contributed by atoms with Crippen LogP contribution in [0.1, 0.15) is 66.7 Å². The van der Waals surface area contributed by atoms with Gasteiger partial charge in [-0.15, -0.1) is 0 Å². The lowest BCUT2D eigenvalue weighted by Crippen LogP contribution is -2.65. The van der Waals surface area contributed by atoms with Gasteiger partial charge >= 0.3 is 29.8 Å². The lowest BCUT2D eigenvalue weighted by molar-refractivity contribution is -0.371. The fourth-order valence-electron chi connectivity index (χ4n) is 10.4. The molecular weight excluding hydrogens is 1170 g/mol. The third-order valence-electron chi connectivity index (χ3n) is 14.7. The molecule has 22 heteroatoms. The van der Waals surface area contributed by atoms with E-state index in [0.29, 0.717) is 11.8 Å². The first kappa shape index (κ1) is 68.0. The van der Waals surface area contributed by atoms with Crippen molar-refractivity contribution in [2.75, 3.05) is 33.5 Å². The van der Waals surface area contributed by atoms with Crippen LogP contribution in [0.3, 0.4) is 0 Å². The quantitative estimate of drug-likeness (QED) is 0.0237. The van der Waals surface area contributed by atoms with Gasteiger partial charge in [-0.2, -0.15) is 0 Å². The zero-order valence-electron chi connectivity index (χ0n) is 51.6. The van der Waals surface area contributed by atoms with Gasteiger partial charge in [-0.25, -0.2) is 4.79 Å². The number of hydrogen-bond donors (Lipinski definition) is 0. The summed E-state index contributed by atoms with van der Waals surface area (Å²) in [7, 11) is -0.198. The second-order valence-electron chi connectivity index (χ2n) is 23.0. The monoisotopic (exact) mass is 1250 g/mol. The maximum absolute atomic E-state index is 14.0. The number of carbonyl (C=O) groups excluding carboxylic acids is 5. The molecule has 21 nitrogen and oxygen atoms in total. The van der Waals surface area contributed by atoms with Gasteiger partial charge < -0.3 is 75.8 Å². The Labute approximate surface area is 520 Å². The molecule has 0 bridgehead atoms. The molecule has 5 aromatic carbocycles. The molecule has 0 N–H and O–H groups in total. The zero-order chi connectivity index (χ0) is 63.3. The van der Waals surface area contributed by atoms with Gasteiger partial charge in [0, 0.05) is 48.8 Å². The minimum Gasteiger partial charge on any atom is -0.497 e. The number of esters is 5. The third-order valence-corrected chi connectivity index (χ3v) is 16.4. The highest BCUT2D eigenvalue weighted by atomic mass is 28.3. The molecule has 0 aliphatic carbocycles. The van der Waals surface area contributed by atoms with Gasteiger partial charge in [0.15, 0.2) is 37.2 Å². The van der Waals surface area contributed by atoms with Gasteiger partial charge in [0.25, 0.3) is 0 Å². The average molecular weight is 1250 g/mol. The minimum atomic E-state index is -1.70. The summed E-state index contributed by atoms with van der Waals surface area (Å²) in [5.74, 6) is -3.22. The van der Waals surface area contributed by atoms with Crippen molar-refractivity contribution in [2.45, 2.75) is 172 Å². The zero-order valence-corrected chi connectivity index (χ0v) is 52.6. The first-order valence-electron chi connectivity index (χ1n) is 29.8. The Morgan fingerprint density at radius 1 is 0.438 bits per heavy atom. The first-order valence-corrected chi connectivity index (χ1v) is 33.5. The number of rotatable bonds is 30. The van der Waals surface area contributed by atoms with Crippen molar-refractivity contribution in [1.82, 2.24) is 0 Å². The Morgan fingerprint density at radius 2 is 0.921 bits per heavy atom. The lowest BCUT2D eigenvalue weighted by atomic mass is 9.96. The smallest absolute Gasteiger partial charge is 0.338 e. The first-order chi connectivity index (χ1) is 42.9. The Bertz CT molecular complexity index is 2970. The molecule has 0 amide bonds. The Morgan fingerprint density at radius 3 is 1.45 bits per heavy atom. The minimum absolute atomic E-state index is 0.0130. The van der Waals surface area contributed by atoms with Crippen molar-refractivity contribution in [3.05, 3.63) is 173 Å². The summed E-state index contributed by atoms with van der Waals surface area (Å²) in [4.78, 5) is 66.0. The summed E-state index contributed by atoms with van der Waals surface area (Å²) in [5, 5.41) is 0. The summed E-state index contributed by atoms with van der Waals surface area (Å²) in [5.41, 5.74) is 3.69. The van der Waals surface area contributed by atoms with Crippen molar-refractivity contribution in [1.29, 1.82) is 0 Å². The summed E-state index contributed by atoms with van der Waals surface area (Å²) in [6.07, 6.45) is -17.9. The van der Waals surface area contributed by atoms with E-state index >= 15 is 0 Å². The van der Waals surface area contributed by atoms with E-state index in [2.05, 4.69) is 19.6 Å². The van der Waals surface area contributed by atoms with E-state index < -0.39 is 137 Å². The molecule has 3 aliphatic heterocycles. The average Bonchev–Trinajstić information content (AvgIpc) is 1.34. The van der Waals surface area contributed by atoms with E-state index in [1.807, 2.05) is 121 Å². The molecule has 3 heterocycles. The van der Waals surface area contributed by atoms with Crippen LogP contribution in [0.25, 0.3) is 0 Å². The van der Waals surface area contributed by atoms with E-state index in [4.69, 9.17) is 75.8 Å². The molecule has 0 radical (unpaired) electrons. The molecule has 0 spiro atoms. The maximum Gasteiger partial charge on any atom is 0.338 e. The second-order valence-corrected chi connectivity index (χ2v) is 28.7. The SMILES string of the molecule is COc1ccc(C(=O)OC[C@H]2O[C@@H](O[C@H]3[C@H](OC(C)=O)[C@@H](OC(C)=O)[C@H](OCC[Si](C)(C)C)O[C@@H]3COC(C)=O)[C@H](OC(C)=O)C[C@H]2O[C@H]2O[C@H](COCc3ccccc3)[C@H](OCc3ccccc3)[C@H](OCc3ccccc3)[C@H]2OCc2ccccc2)cc1. The molecule has 14 atom stereocenters. The van der Waals surface area contributed by atoms with Crippen LogP contribution in [0.2, 0.25) is 25.7 Å². The van der Waals surface area contributed by atoms with Gasteiger partial charge in [-0.3, -0.25) is 19.2 Å². The maximum atomic E-state index is 14.0. The van der Waals surface area contributed by atoms with Crippen molar-refractivity contribution >= 4 is 37.9 Å². The fourth-order valence-corrected chi connectivity index (χ4v) is 11.1. The van der Waals surface area contributed by atoms with Crippen LogP contribution in [0, 0.1) is 0 Å². The molecular formula is C67H82O21Si. The Balaban J connectivity index is 1.19. The molecule has 8 rings (SSSR count). The van der Waals surface area contributed by atoms with Crippen LogP contribution in [0.5, 0.6) is 5.75 Å². The van der Waals surface area contributed by atoms with E-state index in [0.717, 1.165) is 29.2 Å². The molecule has 480 valence electrons. The normalized spacial score (nSPS) is 26.1. The predicted molar refractivity (Wildman–Crippen MR) is 322 cm³/mol. The van der Waals surface area contributed by atoms with Crippen LogP contribution in [-0.4, -0.2) is 157 Å². The van der Waals surface area contributed by atoms with Crippen LogP contribution in [0.4, 0.5) is 0 Å². The van der Waals surface area contributed by atoms with Crippen LogP contribution in [-0.2, 0) is 117 Å². The van der Waals surface area contributed by atoms with E-state index in [1.165, 1.54) is 27.9 Å². The van der Waals surface area contributed by atoms with Crippen molar-refractivity contribution < 1.29 is 99.8 Å². The van der Waals surface area contributed by atoms with Crippen molar-refractivity contribution in [3.8, 4) is 5.75 Å². The highest BCUT2D eigenvalue weighted by Gasteiger charge is 2.56. The molecule has 0 saturated carbocycles. The summed E-state index contributed by atoms with van der Waals surface area (Å²) >= 11 is 0. The highest BCUT2D eigenvalue weighted by molar-refractivity contribution is 6.76. The van der Waals surface area contributed by atoms with E-state index in [-0.39, 0.29) is 51.6 Å². The summed E-state index contributed by atoms with van der Waals surface area (Å²) in [6.45, 7) is 11.0. The van der Waals surface area contributed by atoms with Gasteiger partial charge in [-0.1, -0.05) is 141 Å². The molecule has 5 aromatic rings. The lowest BCUT2D eigenvalue weighted by Gasteiger charge is -2.49. The van der Waals surface area contributed by atoms with Gasteiger partial charge in [0.05, 0.1) is 51.8 Å². The van der Waals surface area contributed by atoms with Crippen molar-refractivity contribution in [3.63, 3.8) is 0 Å². The fraction of sp³-hybridized carbons (Fsp3) is 0.478. The predicted octanol–water partition coefficient (Wildman–Crippen LogP) is 8.87. The van der Waals surface area contributed by atoms with E-state index in [1.54, 1.807) is 24.3 Å². The molecule has 0 aromatic heterocycles. The van der Waals surface area contributed by atoms with Crippen LogP contribution in [0.15, 0.2) is 146 Å². The molecule has 89 heavy (non-hydrogen) atoms.